The maximum absolute atomic E-state index is 12.8. The molecule has 8 nitrogen and oxygen atoms in total. The number of carbonyl (C=O) groups is 1. The highest BCUT2D eigenvalue weighted by molar-refractivity contribution is 7.92. The Kier molecular flexibility index (Phi) is 5.79. The number of unbranched alkanes of at least 4 members (excludes halogenated alkanes) is 3. The third kappa shape index (κ3) is 3.51. The summed E-state index contributed by atoms with van der Waals surface area (Å²) >= 11 is 0. The molecule has 0 aliphatic carbocycles. The first kappa shape index (κ1) is 18.2. The van der Waals surface area contributed by atoms with Crippen LogP contribution >= 0.6 is 0 Å². The lowest BCUT2D eigenvalue weighted by Crippen LogP contribution is -2.43. The van der Waals surface area contributed by atoms with Gasteiger partial charge in [0.2, 0.25) is 0 Å². The Morgan fingerprint density at radius 3 is 2.67 bits per heavy atom. The number of benzene rings is 1. The van der Waals surface area contributed by atoms with Crippen LogP contribution in [0.1, 0.15) is 39.0 Å². The van der Waals surface area contributed by atoms with Crippen molar-refractivity contribution in [1.82, 2.24) is 10.5 Å². The lowest BCUT2D eigenvalue weighted by atomic mass is 10.1. The molecule has 3 N–H and O–H groups in total. The largest absolute Gasteiger partial charge is 0.710 e. The summed E-state index contributed by atoms with van der Waals surface area (Å²) < 4.78 is 25.8. The Labute approximate surface area is 140 Å². The molecule has 9 heteroatoms. The van der Waals surface area contributed by atoms with Crippen LogP contribution in [0.5, 0.6) is 0 Å². The SMILES string of the molecule is CCCCCCC(C(=O)NO)S(=O)(=O)c1[nH]c2ccccc2[n+]1[O-]. The van der Waals surface area contributed by atoms with Crippen molar-refractivity contribution >= 4 is 26.8 Å². The zero-order chi connectivity index (χ0) is 17.7. The molecule has 24 heavy (non-hydrogen) atoms. The number of rotatable bonds is 8. The second-order valence-corrected chi connectivity index (χ2v) is 7.65. The number of aromatic nitrogens is 2. The molecule has 1 unspecified atom stereocenters. The quantitative estimate of drug-likeness (QED) is 0.217. The molecule has 0 aliphatic rings. The molecule has 0 spiro atoms. The second kappa shape index (κ2) is 7.63. The van der Waals surface area contributed by atoms with Gasteiger partial charge in [0.1, 0.15) is 0 Å². The minimum absolute atomic E-state index is 0.0318. The standard InChI is InChI=1S/C15H21N3O5S/c1-2-3-4-5-10-13(14(19)17-20)24(22,23)15-16-11-8-6-7-9-12(11)18(15)21/h6-9,13,16,20H,2-5,10H2,1H3,(H,17,19). The molecule has 0 saturated carbocycles. The van der Waals surface area contributed by atoms with E-state index < -0.39 is 26.2 Å². The Hall–Kier alpha value is -2.13. The molecule has 1 aromatic carbocycles. The number of imidazole rings is 1. The van der Waals surface area contributed by atoms with E-state index in [9.17, 15) is 18.4 Å². The van der Waals surface area contributed by atoms with Gasteiger partial charge in [-0.1, -0.05) is 44.7 Å². The molecule has 2 aromatic rings. The highest BCUT2D eigenvalue weighted by atomic mass is 32.2. The second-order valence-electron chi connectivity index (χ2n) is 5.60. The summed E-state index contributed by atoms with van der Waals surface area (Å²) in [6.45, 7) is 2.01. The van der Waals surface area contributed by atoms with Gasteiger partial charge in [-0.15, -0.1) is 0 Å². The van der Waals surface area contributed by atoms with Crippen molar-refractivity contribution in [3.8, 4) is 0 Å². The number of hydrogen-bond acceptors (Lipinski definition) is 5. The number of sulfone groups is 1. The van der Waals surface area contributed by atoms with E-state index in [0.29, 0.717) is 11.9 Å². The molecule has 0 saturated heterocycles. The van der Waals surface area contributed by atoms with Gasteiger partial charge in [0, 0.05) is 0 Å². The van der Waals surface area contributed by atoms with Crippen LogP contribution in [0.3, 0.4) is 0 Å². The number of carbonyl (C=O) groups excluding carboxylic acids is 1. The van der Waals surface area contributed by atoms with Gasteiger partial charge in [0.15, 0.2) is 16.3 Å². The molecule has 1 atom stereocenters. The first-order chi connectivity index (χ1) is 11.4. The highest BCUT2D eigenvalue weighted by Gasteiger charge is 2.40. The van der Waals surface area contributed by atoms with Gasteiger partial charge >= 0.3 is 5.16 Å². The summed E-state index contributed by atoms with van der Waals surface area (Å²) in [5.41, 5.74) is 1.92. The van der Waals surface area contributed by atoms with Gasteiger partial charge in [-0.3, -0.25) is 10.0 Å². The molecule has 1 amide bonds. The van der Waals surface area contributed by atoms with Crippen molar-refractivity contribution in [2.24, 2.45) is 0 Å². The summed E-state index contributed by atoms with van der Waals surface area (Å²) in [6, 6.07) is 6.34. The molecule has 0 fully saturated rings. The highest BCUT2D eigenvalue weighted by Crippen LogP contribution is 2.20. The van der Waals surface area contributed by atoms with Gasteiger partial charge in [-0.2, -0.15) is 0 Å². The maximum Gasteiger partial charge on any atom is 0.378 e. The van der Waals surface area contributed by atoms with E-state index >= 15 is 0 Å². The minimum atomic E-state index is -4.27. The third-order valence-corrected chi connectivity index (χ3v) is 5.92. The monoisotopic (exact) mass is 355 g/mol. The molecular formula is C15H21N3O5S. The fourth-order valence-electron chi connectivity index (χ4n) is 2.61. The number of para-hydroxylation sites is 2. The van der Waals surface area contributed by atoms with E-state index in [1.54, 1.807) is 18.2 Å². The Morgan fingerprint density at radius 1 is 1.33 bits per heavy atom. The topological polar surface area (TPSA) is 126 Å². The van der Waals surface area contributed by atoms with Crippen LogP contribution in [0.2, 0.25) is 0 Å². The van der Waals surface area contributed by atoms with Crippen molar-refractivity contribution in [3.05, 3.63) is 29.5 Å². The number of nitrogens with zero attached hydrogens (tertiary/aromatic N) is 1. The Balaban J connectivity index is 2.38. The predicted octanol–water partition coefficient (Wildman–Crippen LogP) is 1.42. The number of aromatic amines is 1. The van der Waals surface area contributed by atoms with Crippen molar-refractivity contribution in [2.45, 2.75) is 49.4 Å². The number of fused-ring (bicyclic) bond motifs is 1. The Morgan fingerprint density at radius 2 is 2.04 bits per heavy atom. The molecule has 132 valence electrons. The number of amides is 1. The fraction of sp³-hybridized carbons (Fsp3) is 0.467. The lowest BCUT2D eigenvalue weighted by molar-refractivity contribution is -0.620. The maximum atomic E-state index is 12.8. The smallest absolute Gasteiger partial charge is 0.378 e. The number of hydrogen-bond donors (Lipinski definition) is 3. The molecule has 0 radical (unpaired) electrons. The average Bonchev–Trinajstić information content (AvgIpc) is 2.92. The summed E-state index contributed by atoms with van der Waals surface area (Å²) in [5.74, 6) is -1.04. The summed E-state index contributed by atoms with van der Waals surface area (Å²) in [4.78, 5) is 14.4. The molecule has 0 bridgehead atoms. The van der Waals surface area contributed by atoms with Crippen molar-refractivity contribution in [2.75, 3.05) is 0 Å². The zero-order valence-corrected chi connectivity index (χ0v) is 14.2. The van der Waals surface area contributed by atoms with E-state index in [0.717, 1.165) is 19.3 Å². The average molecular weight is 355 g/mol. The van der Waals surface area contributed by atoms with E-state index in [1.165, 1.54) is 11.5 Å². The normalized spacial score (nSPS) is 13.1. The molecule has 0 aliphatic heterocycles. The van der Waals surface area contributed by atoms with Crippen LogP contribution in [0, 0.1) is 5.21 Å². The minimum Gasteiger partial charge on any atom is -0.710 e. The molecular weight excluding hydrogens is 334 g/mol. The van der Waals surface area contributed by atoms with E-state index in [1.807, 2.05) is 6.92 Å². The van der Waals surface area contributed by atoms with Crippen molar-refractivity contribution < 1.29 is 23.1 Å². The van der Waals surface area contributed by atoms with Gasteiger partial charge in [-0.25, -0.2) is 23.6 Å². The first-order valence-corrected chi connectivity index (χ1v) is 9.36. The number of hydroxylamine groups is 1. The third-order valence-electron chi connectivity index (χ3n) is 3.92. The number of nitrogens with one attached hydrogen (secondary N) is 2. The summed E-state index contributed by atoms with van der Waals surface area (Å²) in [5, 5.41) is 19.0. The van der Waals surface area contributed by atoms with Crippen molar-refractivity contribution in [3.63, 3.8) is 0 Å². The van der Waals surface area contributed by atoms with Crippen LogP contribution in [0.15, 0.2) is 29.4 Å². The fourth-order valence-corrected chi connectivity index (χ4v) is 4.27. The predicted molar refractivity (Wildman–Crippen MR) is 86.9 cm³/mol. The first-order valence-electron chi connectivity index (χ1n) is 7.81. The lowest BCUT2D eigenvalue weighted by Gasteiger charge is -2.14. The van der Waals surface area contributed by atoms with Crippen LogP contribution in [0.4, 0.5) is 0 Å². The molecule has 2 rings (SSSR count). The summed E-state index contributed by atoms with van der Waals surface area (Å²) in [7, 11) is -4.27. The van der Waals surface area contributed by atoms with Crippen molar-refractivity contribution in [1.29, 1.82) is 0 Å². The zero-order valence-electron chi connectivity index (χ0n) is 13.4. The van der Waals surface area contributed by atoms with Gasteiger partial charge < -0.3 is 5.21 Å². The van der Waals surface area contributed by atoms with Crippen LogP contribution in [-0.4, -0.2) is 29.8 Å². The molecule has 1 heterocycles. The van der Waals surface area contributed by atoms with Crippen LogP contribution in [-0.2, 0) is 14.6 Å². The van der Waals surface area contributed by atoms with Gasteiger partial charge in [0.25, 0.3) is 15.7 Å². The van der Waals surface area contributed by atoms with E-state index in [2.05, 4.69) is 4.98 Å². The molecule has 1 aromatic heterocycles. The number of H-pyrrole nitrogens is 1. The summed E-state index contributed by atoms with van der Waals surface area (Å²) in [6.07, 6.45) is 3.19. The van der Waals surface area contributed by atoms with Gasteiger partial charge in [-0.05, 0) is 18.6 Å². The van der Waals surface area contributed by atoms with Crippen LogP contribution in [0.25, 0.3) is 11.0 Å². The van der Waals surface area contributed by atoms with Crippen LogP contribution < -0.4 is 10.2 Å². The van der Waals surface area contributed by atoms with E-state index in [-0.39, 0.29) is 16.7 Å². The Bertz CT molecular complexity index is 816. The van der Waals surface area contributed by atoms with Gasteiger partial charge in [0.05, 0.1) is 0 Å². The van der Waals surface area contributed by atoms with E-state index in [4.69, 9.17) is 5.21 Å².